The van der Waals surface area contributed by atoms with E-state index in [4.69, 9.17) is 10.2 Å². The molecule has 0 spiro atoms. The fourth-order valence-electron chi connectivity index (χ4n) is 1.19. The van der Waals surface area contributed by atoms with Gasteiger partial charge in [-0.3, -0.25) is 0 Å². The predicted molar refractivity (Wildman–Crippen MR) is 57.5 cm³/mol. The molecule has 78 valence electrons. The van der Waals surface area contributed by atoms with Gasteiger partial charge in [0.15, 0.2) is 0 Å². The van der Waals surface area contributed by atoms with Gasteiger partial charge in [0.1, 0.15) is 12.1 Å². The van der Waals surface area contributed by atoms with E-state index in [1.165, 1.54) is 12.3 Å². The third kappa shape index (κ3) is 2.08. The van der Waals surface area contributed by atoms with E-state index in [1.807, 2.05) is 0 Å². The summed E-state index contributed by atoms with van der Waals surface area (Å²) in [6.07, 6.45) is 1.43. The van der Waals surface area contributed by atoms with E-state index < -0.39 is 0 Å². The van der Waals surface area contributed by atoms with Crippen molar-refractivity contribution in [1.82, 2.24) is 4.98 Å². The molecule has 1 heterocycles. The first-order valence-electron chi connectivity index (χ1n) is 4.30. The van der Waals surface area contributed by atoms with Crippen molar-refractivity contribution in [1.29, 1.82) is 0 Å². The summed E-state index contributed by atoms with van der Waals surface area (Å²) in [6.45, 7) is 0.279. The molecule has 0 bridgehead atoms. The van der Waals surface area contributed by atoms with Crippen LogP contribution in [0.25, 0.3) is 11.5 Å². The van der Waals surface area contributed by atoms with Gasteiger partial charge in [0.05, 0.1) is 11.3 Å². The summed E-state index contributed by atoms with van der Waals surface area (Å²) in [5.74, 6) is -0.129. The quantitative estimate of drug-likeness (QED) is 0.913. The van der Waals surface area contributed by atoms with Crippen molar-refractivity contribution in [3.63, 3.8) is 0 Å². The van der Waals surface area contributed by atoms with Gasteiger partial charge in [-0.1, -0.05) is 15.9 Å². The maximum absolute atomic E-state index is 13.5. The van der Waals surface area contributed by atoms with Crippen molar-refractivity contribution in [2.75, 3.05) is 0 Å². The van der Waals surface area contributed by atoms with E-state index in [2.05, 4.69) is 20.9 Å². The average molecular weight is 271 g/mol. The number of hydrogen-bond donors (Lipinski definition) is 1. The number of oxazole rings is 1. The molecule has 0 unspecified atom stereocenters. The molecule has 2 N–H and O–H groups in total. The van der Waals surface area contributed by atoms with E-state index in [0.717, 1.165) is 0 Å². The molecule has 2 rings (SSSR count). The minimum Gasteiger partial charge on any atom is -0.444 e. The zero-order valence-corrected chi connectivity index (χ0v) is 9.29. The zero-order chi connectivity index (χ0) is 10.8. The third-order valence-electron chi connectivity index (χ3n) is 1.92. The lowest BCUT2D eigenvalue weighted by Crippen LogP contribution is -1.95. The minimum atomic E-state index is -0.380. The van der Waals surface area contributed by atoms with Crippen LogP contribution in [-0.2, 0) is 6.54 Å². The highest BCUT2D eigenvalue weighted by Gasteiger charge is 2.11. The second-order valence-corrected chi connectivity index (χ2v) is 3.89. The molecule has 1 aromatic heterocycles. The molecule has 2 aromatic rings. The van der Waals surface area contributed by atoms with E-state index >= 15 is 0 Å². The first kappa shape index (κ1) is 10.3. The smallest absolute Gasteiger partial charge is 0.229 e. The molecule has 0 amide bonds. The number of aromatic nitrogens is 1. The summed E-state index contributed by atoms with van der Waals surface area (Å²) >= 11 is 3.18. The summed E-state index contributed by atoms with van der Waals surface area (Å²) < 4.78 is 19.3. The molecule has 0 aliphatic rings. The van der Waals surface area contributed by atoms with Crippen LogP contribution in [-0.4, -0.2) is 4.98 Å². The molecule has 0 radical (unpaired) electrons. The molecular formula is C10H8BrFN2O. The average Bonchev–Trinajstić information content (AvgIpc) is 2.66. The fraction of sp³-hybridized carbons (Fsp3) is 0.100. The van der Waals surface area contributed by atoms with Gasteiger partial charge in [-0.25, -0.2) is 9.37 Å². The van der Waals surface area contributed by atoms with E-state index in [-0.39, 0.29) is 18.3 Å². The Bertz CT molecular complexity index is 484. The van der Waals surface area contributed by atoms with Crippen LogP contribution in [0, 0.1) is 5.82 Å². The highest BCUT2D eigenvalue weighted by atomic mass is 79.9. The number of rotatable bonds is 2. The molecule has 0 saturated carbocycles. The highest BCUT2D eigenvalue weighted by Crippen LogP contribution is 2.24. The summed E-state index contributed by atoms with van der Waals surface area (Å²) in [5, 5.41) is 0. The normalized spacial score (nSPS) is 10.6. The second kappa shape index (κ2) is 4.12. The topological polar surface area (TPSA) is 52.0 Å². The highest BCUT2D eigenvalue weighted by molar-refractivity contribution is 9.10. The van der Waals surface area contributed by atoms with Gasteiger partial charge < -0.3 is 10.2 Å². The van der Waals surface area contributed by atoms with E-state index in [0.29, 0.717) is 15.7 Å². The number of halogens is 2. The molecule has 3 nitrogen and oxygen atoms in total. The van der Waals surface area contributed by atoms with Crippen LogP contribution in [0.15, 0.2) is 33.4 Å². The van der Waals surface area contributed by atoms with Crippen molar-refractivity contribution in [3.8, 4) is 11.5 Å². The number of nitrogens with two attached hydrogens (primary N) is 1. The van der Waals surface area contributed by atoms with E-state index in [1.54, 1.807) is 12.1 Å². The van der Waals surface area contributed by atoms with E-state index in [9.17, 15) is 4.39 Å². The molecular weight excluding hydrogens is 263 g/mol. The van der Waals surface area contributed by atoms with Gasteiger partial charge in [-0.15, -0.1) is 0 Å². The lowest BCUT2D eigenvalue weighted by Gasteiger charge is -1.98. The Balaban J connectivity index is 2.44. The maximum atomic E-state index is 13.5. The molecule has 0 aliphatic carbocycles. The predicted octanol–water partition coefficient (Wildman–Crippen LogP) is 2.70. The van der Waals surface area contributed by atoms with Crippen molar-refractivity contribution >= 4 is 15.9 Å². The van der Waals surface area contributed by atoms with Crippen LogP contribution in [0.2, 0.25) is 0 Å². The van der Waals surface area contributed by atoms with Crippen LogP contribution in [0.1, 0.15) is 5.69 Å². The molecule has 15 heavy (non-hydrogen) atoms. The summed E-state index contributed by atoms with van der Waals surface area (Å²) in [5.41, 5.74) is 6.32. The van der Waals surface area contributed by atoms with Crippen molar-refractivity contribution in [2.45, 2.75) is 6.54 Å². The van der Waals surface area contributed by atoms with Crippen LogP contribution in [0.3, 0.4) is 0 Å². The van der Waals surface area contributed by atoms with Gasteiger partial charge >= 0.3 is 0 Å². The summed E-state index contributed by atoms with van der Waals surface area (Å²) in [7, 11) is 0. The van der Waals surface area contributed by atoms with Gasteiger partial charge in [0.25, 0.3) is 0 Å². The Hall–Kier alpha value is -1.20. The first-order valence-corrected chi connectivity index (χ1v) is 5.10. The Labute approximate surface area is 94.2 Å². The lowest BCUT2D eigenvalue weighted by molar-refractivity contribution is 0.560. The Morgan fingerprint density at radius 1 is 1.47 bits per heavy atom. The van der Waals surface area contributed by atoms with Crippen LogP contribution < -0.4 is 5.73 Å². The fourth-order valence-corrected chi connectivity index (χ4v) is 1.52. The summed E-state index contributed by atoms with van der Waals surface area (Å²) in [4.78, 5) is 4.04. The van der Waals surface area contributed by atoms with Gasteiger partial charge in [-0.2, -0.15) is 0 Å². The number of nitrogens with zero attached hydrogens (tertiary/aromatic N) is 1. The molecule has 1 aromatic carbocycles. The van der Waals surface area contributed by atoms with Gasteiger partial charge in [0, 0.05) is 11.0 Å². The SMILES string of the molecule is NCc1coc(-c2ccc(Br)cc2F)n1. The first-order chi connectivity index (χ1) is 7.20. The van der Waals surface area contributed by atoms with Crippen molar-refractivity contribution in [3.05, 3.63) is 40.4 Å². The molecule has 0 atom stereocenters. The number of hydrogen-bond acceptors (Lipinski definition) is 3. The van der Waals surface area contributed by atoms with Crippen LogP contribution in [0.5, 0.6) is 0 Å². The summed E-state index contributed by atoms with van der Waals surface area (Å²) in [6, 6.07) is 4.69. The van der Waals surface area contributed by atoms with Gasteiger partial charge in [0.2, 0.25) is 5.89 Å². The Kier molecular flexibility index (Phi) is 2.83. The lowest BCUT2D eigenvalue weighted by atomic mass is 10.2. The van der Waals surface area contributed by atoms with Gasteiger partial charge in [-0.05, 0) is 18.2 Å². The second-order valence-electron chi connectivity index (χ2n) is 2.97. The molecule has 0 aliphatic heterocycles. The minimum absolute atomic E-state index is 0.250. The Morgan fingerprint density at radius 3 is 2.87 bits per heavy atom. The molecule has 0 saturated heterocycles. The molecule has 0 fully saturated rings. The zero-order valence-electron chi connectivity index (χ0n) is 7.71. The van der Waals surface area contributed by atoms with Crippen molar-refractivity contribution in [2.24, 2.45) is 5.73 Å². The van der Waals surface area contributed by atoms with Crippen LogP contribution >= 0.6 is 15.9 Å². The maximum Gasteiger partial charge on any atom is 0.229 e. The number of benzene rings is 1. The third-order valence-corrected chi connectivity index (χ3v) is 2.42. The molecule has 5 heteroatoms. The van der Waals surface area contributed by atoms with Crippen molar-refractivity contribution < 1.29 is 8.81 Å². The standard InChI is InChI=1S/C10H8BrFN2O/c11-6-1-2-8(9(12)3-6)10-14-7(4-13)5-15-10/h1-3,5H,4,13H2. The largest absolute Gasteiger partial charge is 0.444 e. The monoisotopic (exact) mass is 270 g/mol. The Morgan fingerprint density at radius 2 is 2.27 bits per heavy atom. The van der Waals surface area contributed by atoms with Crippen LogP contribution in [0.4, 0.5) is 4.39 Å².